The third-order valence-electron chi connectivity index (χ3n) is 4.34. The number of hydrogen-bond acceptors (Lipinski definition) is 5. The van der Waals surface area contributed by atoms with Crippen molar-refractivity contribution in [3.8, 4) is 17.1 Å². The molecule has 3 rings (SSSR count). The van der Waals surface area contributed by atoms with Gasteiger partial charge in [0.15, 0.2) is 11.8 Å². The summed E-state index contributed by atoms with van der Waals surface area (Å²) in [6.07, 6.45) is 3.62. The van der Waals surface area contributed by atoms with Gasteiger partial charge in [0.25, 0.3) is 0 Å². The largest absolute Gasteiger partial charge is 0.497 e. The second kappa shape index (κ2) is 9.91. The van der Waals surface area contributed by atoms with Gasteiger partial charge in [-0.05, 0) is 49.4 Å². The van der Waals surface area contributed by atoms with Gasteiger partial charge in [-0.3, -0.25) is 10.1 Å². The van der Waals surface area contributed by atoms with Crippen molar-refractivity contribution in [2.24, 2.45) is 10.9 Å². The van der Waals surface area contributed by atoms with Gasteiger partial charge in [0.1, 0.15) is 11.6 Å². The van der Waals surface area contributed by atoms with Gasteiger partial charge in [-0.1, -0.05) is 0 Å². The normalized spacial score (nSPS) is 14.2. The zero-order valence-corrected chi connectivity index (χ0v) is 16.0. The molecular weight excluding hydrogens is 344 g/mol. The molecule has 1 aliphatic rings. The van der Waals surface area contributed by atoms with Gasteiger partial charge in [-0.25, -0.2) is 4.98 Å². The van der Waals surface area contributed by atoms with Crippen LogP contribution in [0.3, 0.4) is 0 Å². The third kappa shape index (κ3) is 6.25. The molecule has 27 heavy (non-hydrogen) atoms. The first-order valence-electron chi connectivity index (χ1n) is 9.36. The predicted octanol–water partition coefficient (Wildman–Crippen LogP) is 1.96. The maximum atomic E-state index is 5.63. The van der Waals surface area contributed by atoms with Crippen LogP contribution in [-0.2, 0) is 11.3 Å². The molecule has 0 saturated heterocycles. The first kappa shape index (κ1) is 19.2. The molecule has 3 N–H and O–H groups in total. The number of hydrogen-bond donors (Lipinski definition) is 3. The van der Waals surface area contributed by atoms with Crippen molar-refractivity contribution >= 4 is 5.96 Å². The van der Waals surface area contributed by atoms with Crippen LogP contribution >= 0.6 is 0 Å². The fourth-order valence-electron chi connectivity index (χ4n) is 2.55. The summed E-state index contributed by atoms with van der Waals surface area (Å²) < 4.78 is 10.8. The van der Waals surface area contributed by atoms with E-state index in [1.165, 1.54) is 12.8 Å². The molecule has 1 saturated carbocycles. The lowest BCUT2D eigenvalue weighted by Gasteiger charge is -2.10. The van der Waals surface area contributed by atoms with Crippen LogP contribution in [-0.4, -0.2) is 55.1 Å². The Morgan fingerprint density at radius 1 is 1.26 bits per heavy atom. The molecular formula is C19H28N6O2. The van der Waals surface area contributed by atoms with Crippen LogP contribution in [0, 0.1) is 5.92 Å². The summed E-state index contributed by atoms with van der Waals surface area (Å²) in [4.78, 5) is 8.73. The Balaban J connectivity index is 1.38. The SMILES string of the molecule is CN=C(NCCCOCC1CC1)NCc1nc(-c2ccc(OC)cc2)n[nH]1. The molecule has 0 unspecified atom stereocenters. The highest BCUT2D eigenvalue weighted by Gasteiger charge is 2.20. The molecule has 0 radical (unpaired) electrons. The number of aliphatic imine (C=N–C) groups is 1. The Bertz CT molecular complexity index is 724. The fraction of sp³-hybridized carbons (Fsp3) is 0.526. The number of guanidine groups is 1. The van der Waals surface area contributed by atoms with Gasteiger partial charge in [0.2, 0.25) is 0 Å². The highest BCUT2D eigenvalue weighted by molar-refractivity contribution is 5.79. The highest BCUT2D eigenvalue weighted by atomic mass is 16.5. The number of nitrogens with one attached hydrogen (secondary N) is 3. The Labute approximate surface area is 159 Å². The Morgan fingerprint density at radius 3 is 2.78 bits per heavy atom. The van der Waals surface area contributed by atoms with Crippen molar-refractivity contribution in [3.05, 3.63) is 30.1 Å². The lowest BCUT2D eigenvalue weighted by molar-refractivity contribution is 0.123. The summed E-state index contributed by atoms with van der Waals surface area (Å²) in [6, 6.07) is 7.66. The van der Waals surface area contributed by atoms with E-state index in [1.807, 2.05) is 24.3 Å². The second-order valence-corrected chi connectivity index (χ2v) is 6.56. The first-order valence-corrected chi connectivity index (χ1v) is 9.36. The molecule has 8 heteroatoms. The second-order valence-electron chi connectivity index (χ2n) is 6.56. The van der Waals surface area contributed by atoms with Crippen molar-refractivity contribution in [1.82, 2.24) is 25.8 Å². The molecule has 146 valence electrons. The molecule has 1 aromatic heterocycles. The first-order chi connectivity index (χ1) is 13.3. The number of ether oxygens (including phenoxy) is 2. The molecule has 8 nitrogen and oxygen atoms in total. The van der Waals surface area contributed by atoms with E-state index in [2.05, 4.69) is 30.8 Å². The van der Waals surface area contributed by atoms with Gasteiger partial charge >= 0.3 is 0 Å². The van der Waals surface area contributed by atoms with Crippen molar-refractivity contribution in [3.63, 3.8) is 0 Å². The number of rotatable bonds is 10. The molecule has 0 aliphatic heterocycles. The van der Waals surface area contributed by atoms with Crippen LogP contribution in [0.2, 0.25) is 0 Å². The summed E-state index contributed by atoms with van der Waals surface area (Å²) in [5.41, 5.74) is 0.937. The molecule has 0 bridgehead atoms. The summed E-state index contributed by atoms with van der Waals surface area (Å²) in [5.74, 6) is 3.77. The predicted molar refractivity (Wildman–Crippen MR) is 105 cm³/mol. The number of aromatic nitrogens is 3. The average molecular weight is 372 g/mol. The lowest BCUT2D eigenvalue weighted by atomic mass is 10.2. The van der Waals surface area contributed by atoms with Gasteiger partial charge in [0, 0.05) is 32.4 Å². The molecule has 0 atom stereocenters. The molecule has 1 heterocycles. The molecule has 1 aliphatic carbocycles. The maximum Gasteiger partial charge on any atom is 0.191 e. The van der Waals surface area contributed by atoms with Crippen LogP contribution in [0.4, 0.5) is 0 Å². The smallest absolute Gasteiger partial charge is 0.191 e. The van der Waals surface area contributed by atoms with Crippen LogP contribution in [0.15, 0.2) is 29.3 Å². The van der Waals surface area contributed by atoms with Crippen LogP contribution < -0.4 is 15.4 Å². The minimum absolute atomic E-state index is 0.515. The van der Waals surface area contributed by atoms with Gasteiger partial charge in [-0.2, -0.15) is 5.10 Å². The zero-order chi connectivity index (χ0) is 18.9. The van der Waals surface area contributed by atoms with E-state index in [1.54, 1.807) is 14.2 Å². The van der Waals surface area contributed by atoms with Gasteiger partial charge < -0.3 is 20.1 Å². The Hall–Kier alpha value is -2.61. The van der Waals surface area contributed by atoms with Crippen molar-refractivity contribution in [2.75, 3.05) is 33.9 Å². The minimum atomic E-state index is 0.515. The molecule has 0 spiro atoms. The van der Waals surface area contributed by atoms with Gasteiger partial charge in [-0.15, -0.1) is 0 Å². The quantitative estimate of drug-likeness (QED) is 0.335. The van der Waals surface area contributed by atoms with E-state index in [4.69, 9.17) is 9.47 Å². The lowest BCUT2D eigenvalue weighted by Crippen LogP contribution is -2.37. The van der Waals surface area contributed by atoms with E-state index >= 15 is 0 Å². The van der Waals surface area contributed by atoms with Crippen LogP contribution in [0.1, 0.15) is 25.1 Å². The Morgan fingerprint density at radius 2 is 2.07 bits per heavy atom. The molecule has 2 aromatic rings. The summed E-state index contributed by atoms with van der Waals surface area (Å²) in [5, 5.41) is 13.7. The van der Waals surface area contributed by atoms with Gasteiger partial charge in [0.05, 0.1) is 13.7 Å². The van der Waals surface area contributed by atoms with Crippen molar-refractivity contribution < 1.29 is 9.47 Å². The number of H-pyrrole nitrogens is 1. The summed E-state index contributed by atoms with van der Waals surface area (Å²) >= 11 is 0. The summed E-state index contributed by atoms with van der Waals surface area (Å²) in [6.45, 7) is 3.03. The highest BCUT2D eigenvalue weighted by Crippen LogP contribution is 2.28. The van der Waals surface area contributed by atoms with Crippen LogP contribution in [0.25, 0.3) is 11.4 Å². The zero-order valence-electron chi connectivity index (χ0n) is 16.0. The van der Waals surface area contributed by atoms with E-state index in [0.29, 0.717) is 12.4 Å². The number of aromatic amines is 1. The minimum Gasteiger partial charge on any atom is -0.497 e. The maximum absolute atomic E-state index is 5.63. The molecule has 0 amide bonds. The van der Waals surface area contributed by atoms with E-state index in [9.17, 15) is 0 Å². The number of methoxy groups -OCH3 is 1. The number of nitrogens with zero attached hydrogens (tertiary/aromatic N) is 3. The van der Waals surface area contributed by atoms with E-state index in [0.717, 1.165) is 55.2 Å². The monoisotopic (exact) mass is 372 g/mol. The third-order valence-corrected chi connectivity index (χ3v) is 4.34. The van der Waals surface area contributed by atoms with Crippen molar-refractivity contribution in [1.29, 1.82) is 0 Å². The fourth-order valence-corrected chi connectivity index (χ4v) is 2.55. The molecule has 1 aromatic carbocycles. The van der Waals surface area contributed by atoms with Crippen molar-refractivity contribution in [2.45, 2.75) is 25.8 Å². The summed E-state index contributed by atoms with van der Waals surface area (Å²) in [7, 11) is 3.40. The van der Waals surface area contributed by atoms with E-state index in [-0.39, 0.29) is 0 Å². The van der Waals surface area contributed by atoms with Crippen LogP contribution in [0.5, 0.6) is 5.75 Å². The van der Waals surface area contributed by atoms with E-state index < -0.39 is 0 Å². The topological polar surface area (TPSA) is 96.5 Å². The average Bonchev–Trinajstić information content (AvgIpc) is 3.42. The number of benzene rings is 1. The standard InChI is InChI=1S/C19H28N6O2/c1-20-19(21-10-3-11-27-13-14-4-5-14)22-12-17-23-18(25-24-17)15-6-8-16(26-2)9-7-15/h6-9,14H,3-5,10-13H2,1-2H3,(H2,20,21,22)(H,23,24,25). The Kier molecular flexibility index (Phi) is 7.04. The molecule has 1 fully saturated rings.